The molecule has 24 heavy (non-hydrogen) atoms. The van der Waals surface area contributed by atoms with Gasteiger partial charge in [-0.05, 0) is 50.5 Å². The molecule has 2 rings (SSSR count). The molecule has 2 aromatic rings. The lowest BCUT2D eigenvalue weighted by Crippen LogP contribution is -2.30. The standard InChI is InChI=1S/C19H22N2O3/c1-11-7-6-10-15(16(11)20)19(23)24-14(4)18(22)21-17-12(2)8-5-9-13(17)3/h5-10,14H,20H2,1-4H3,(H,21,22)/t14-/m0/s1. The van der Waals surface area contributed by atoms with Crippen LogP contribution in [-0.4, -0.2) is 18.0 Å². The van der Waals surface area contributed by atoms with Crippen LogP contribution in [0.4, 0.5) is 11.4 Å². The first kappa shape index (κ1) is 17.5. The van der Waals surface area contributed by atoms with Crippen molar-refractivity contribution in [1.82, 2.24) is 0 Å². The average molecular weight is 326 g/mol. The summed E-state index contributed by atoms with van der Waals surface area (Å²) in [5.74, 6) is -0.993. The number of amides is 1. The summed E-state index contributed by atoms with van der Waals surface area (Å²) in [5, 5.41) is 2.81. The molecular weight excluding hydrogens is 304 g/mol. The predicted octanol–water partition coefficient (Wildman–Crippen LogP) is 3.38. The van der Waals surface area contributed by atoms with Crippen LogP contribution in [0.15, 0.2) is 36.4 Å². The number of carbonyl (C=O) groups excluding carboxylic acids is 2. The summed E-state index contributed by atoms with van der Waals surface area (Å²) >= 11 is 0. The number of rotatable bonds is 4. The van der Waals surface area contributed by atoms with Gasteiger partial charge in [0.25, 0.3) is 5.91 Å². The average Bonchev–Trinajstić information content (AvgIpc) is 2.53. The number of hydrogen-bond acceptors (Lipinski definition) is 4. The molecule has 0 aliphatic heterocycles. The van der Waals surface area contributed by atoms with Crippen molar-refractivity contribution in [1.29, 1.82) is 0 Å². The first-order valence-corrected chi connectivity index (χ1v) is 7.74. The van der Waals surface area contributed by atoms with Gasteiger partial charge in [-0.15, -0.1) is 0 Å². The van der Waals surface area contributed by atoms with Gasteiger partial charge in [0, 0.05) is 11.4 Å². The van der Waals surface area contributed by atoms with Gasteiger partial charge in [-0.25, -0.2) is 4.79 Å². The molecule has 0 saturated carbocycles. The SMILES string of the molecule is Cc1cccc(C(=O)O[C@@H](C)C(=O)Nc2c(C)cccc2C)c1N. The molecule has 0 unspecified atom stereocenters. The minimum atomic E-state index is -0.934. The van der Waals surface area contributed by atoms with Gasteiger partial charge in [-0.1, -0.05) is 30.3 Å². The molecule has 5 heteroatoms. The summed E-state index contributed by atoms with van der Waals surface area (Å²) in [6.07, 6.45) is -0.934. The van der Waals surface area contributed by atoms with Crippen LogP contribution < -0.4 is 11.1 Å². The van der Waals surface area contributed by atoms with Crippen LogP contribution in [0.1, 0.15) is 34.0 Å². The van der Waals surface area contributed by atoms with E-state index < -0.39 is 12.1 Å². The van der Waals surface area contributed by atoms with Gasteiger partial charge in [0.1, 0.15) is 0 Å². The van der Waals surface area contributed by atoms with Crippen LogP contribution in [0.2, 0.25) is 0 Å². The number of nitrogens with one attached hydrogen (secondary N) is 1. The van der Waals surface area contributed by atoms with E-state index >= 15 is 0 Å². The molecule has 2 aromatic carbocycles. The number of hydrogen-bond donors (Lipinski definition) is 2. The quantitative estimate of drug-likeness (QED) is 0.666. The number of ether oxygens (including phenoxy) is 1. The van der Waals surface area contributed by atoms with Gasteiger partial charge in [0.15, 0.2) is 6.10 Å². The largest absolute Gasteiger partial charge is 0.449 e. The Morgan fingerprint density at radius 3 is 2.17 bits per heavy atom. The van der Waals surface area contributed by atoms with E-state index in [1.54, 1.807) is 12.1 Å². The lowest BCUT2D eigenvalue weighted by atomic mass is 10.1. The van der Waals surface area contributed by atoms with Gasteiger partial charge < -0.3 is 15.8 Å². The Morgan fingerprint density at radius 2 is 1.54 bits per heavy atom. The molecule has 0 fully saturated rings. The molecule has 0 heterocycles. The van der Waals surface area contributed by atoms with Crippen molar-refractivity contribution in [3.63, 3.8) is 0 Å². The molecule has 0 bridgehead atoms. The molecular formula is C19H22N2O3. The smallest absolute Gasteiger partial charge is 0.341 e. The fraction of sp³-hybridized carbons (Fsp3) is 0.263. The number of nitrogens with two attached hydrogens (primary N) is 1. The fourth-order valence-electron chi connectivity index (χ4n) is 2.37. The highest BCUT2D eigenvalue weighted by atomic mass is 16.5. The number of esters is 1. The zero-order valence-corrected chi connectivity index (χ0v) is 14.3. The molecule has 1 amide bonds. The van der Waals surface area contributed by atoms with Gasteiger partial charge in [0.05, 0.1) is 5.56 Å². The molecule has 0 spiro atoms. The first-order valence-electron chi connectivity index (χ1n) is 7.74. The molecule has 0 aliphatic carbocycles. The summed E-state index contributed by atoms with van der Waals surface area (Å²) in [7, 11) is 0. The minimum Gasteiger partial charge on any atom is -0.449 e. The summed E-state index contributed by atoms with van der Waals surface area (Å²) < 4.78 is 5.26. The Morgan fingerprint density at radius 1 is 1.00 bits per heavy atom. The van der Waals surface area contributed by atoms with Gasteiger partial charge in [-0.3, -0.25) is 4.79 Å². The third kappa shape index (κ3) is 3.74. The van der Waals surface area contributed by atoms with E-state index in [0.29, 0.717) is 5.69 Å². The molecule has 5 nitrogen and oxygen atoms in total. The zero-order chi connectivity index (χ0) is 17.9. The Balaban J connectivity index is 2.09. The first-order chi connectivity index (χ1) is 11.3. The maximum Gasteiger partial charge on any atom is 0.341 e. The van der Waals surface area contributed by atoms with Gasteiger partial charge >= 0.3 is 5.97 Å². The monoisotopic (exact) mass is 326 g/mol. The van der Waals surface area contributed by atoms with Crippen molar-refractivity contribution in [2.75, 3.05) is 11.1 Å². The second-order valence-electron chi connectivity index (χ2n) is 5.84. The Kier molecular flexibility index (Phi) is 5.24. The predicted molar refractivity (Wildman–Crippen MR) is 95.0 cm³/mol. The molecule has 0 aromatic heterocycles. The van der Waals surface area contributed by atoms with Crippen LogP contribution >= 0.6 is 0 Å². The van der Waals surface area contributed by atoms with Crippen molar-refractivity contribution < 1.29 is 14.3 Å². The molecule has 1 atom stereocenters. The summed E-state index contributed by atoms with van der Waals surface area (Å²) in [5.41, 5.74) is 9.95. The van der Waals surface area contributed by atoms with Crippen LogP contribution in [-0.2, 0) is 9.53 Å². The highest BCUT2D eigenvalue weighted by Gasteiger charge is 2.21. The van der Waals surface area contributed by atoms with Crippen LogP contribution in [0.25, 0.3) is 0 Å². The second-order valence-corrected chi connectivity index (χ2v) is 5.84. The lowest BCUT2D eigenvalue weighted by Gasteiger charge is -2.17. The highest BCUT2D eigenvalue weighted by molar-refractivity contribution is 6.00. The van der Waals surface area contributed by atoms with Gasteiger partial charge in [0.2, 0.25) is 0 Å². The summed E-state index contributed by atoms with van der Waals surface area (Å²) in [6.45, 7) is 7.16. The number of carbonyl (C=O) groups is 2. The van der Waals surface area contributed by atoms with E-state index in [2.05, 4.69) is 5.32 Å². The Bertz CT molecular complexity index is 764. The molecule has 0 radical (unpaired) electrons. The van der Waals surface area contributed by atoms with E-state index in [-0.39, 0.29) is 11.5 Å². The Labute approximate surface area is 141 Å². The summed E-state index contributed by atoms with van der Waals surface area (Å²) in [4.78, 5) is 24.6. The maximum absolute atomic E-state index is 12.3. The number of nitrogen functional groups attached to an aromatic ring is 1. The van der Waals surface area contributed by atoms with Crippen molar-refractivity contribution >= 4 is 23.3 Å². The second kappa shape index (κ2) is 7.17. The van der Waals surface area contributed by atoms with Crippen molar-refractivity contribution in [2.45, 2.75) is 33.8 Å². The topological polar surface area (TPSA) is 81.4 Å². The minimum absolute atomic E-state index is 0.265. The van der Waals surface area contributed by atoms with Crippen LogP contribution in [0.5, 0.6) is 0 Å². The van der Waals surface area contributed by atoms with Crippen LogP contribution in [0, 0.1) is 20.8 Å². The number of benzene rings is 2. The van der Waals surface area contributed by atoms with E-state index in [1.165, 1.54) is 6.92 Å². The van der Waals surface area contributed by atoms with E-state index in [9.17, 15) is 9.59 Å². The third-order valence-corrected chi connectivity index (χ3v) is 3.93. The van der Waals surface area contributed by atoms with Crippen molar-refractivity contribution in [2.24, 2.45) is 0 Å². The van der Waals surface area contributed by atoms with E-state index in [4.69, 9.17) is 10.5 Å². The van der Waals surface area contributed by atoms with E-state index in [0.717, 1.165) is 22.4 Å². The molecule has 0 aliphatic rings. The van der Waals surface area contributed by atoms with Crippen LogP contribution in [0.3, 0.4) is 0 Å². The normalized spacial score (nSPS) is 11.7. The number of anilines is 2. The van der Waals surface area contributed by atoms with Crippen molar-refractivity contribution in [3.8, 4) is 0 Å². The Hall–Kier alpha value is -2.82. The summed E-state index contributed by atoms with van der Waals surface area (Å²) in [6, 6.07) is 10.9. The van der Waals surface area contributed by atoms with Gasteiger partial charge in [-0.2, -0.15) is 0 Å². The molecule has 126 valence electrons. The molecule has 0 saturated heterocycles. The lowest BCUT2D eigenvalue weighted by molar-refractivity contribution is -0.123. The third-order valence-electron chi connectivity index (χ3n) is 3.93. The zero-order valence-electron chi connectivity index (χ0n) is 14.3. The number of para-hydroxylation sites is 2. The van der Waals surface area contributed by atoms with Crippen molar-refractivity contribution in [3.05, 3.63) is 58.7 Å². The number of aryl methyl sites for hydroxylation is 3. The highest BCUT2D eigenvalue weighted by Crippen LogP contribution is 2.21. The molecule has 3 N–H and O–H groups in total. The fourth-order valence-corrected chi connectivity index (χ4v) is 2.37. The van der Waals surface area contributed by atoms with E-state index in [1.807, 2.05) is 45.0 Å². The maximum atomic E-state index is 12.3.